The van der Waals surface area contributed by atoms with Crippen molar-refractivity contribution >= 4 is 45.7 Å². The molecule has 0 bridgehead atoms. The van der Waals surface area contributed by atoms with Gasteiger partial charge in [-0.1, -0.05) is 18.2 Å². The number of pyridine rings is 1. The van der Waals surface area contributed by atoms with Gasteiger partial charge in [0, 0.05) is 30.3 Å². The largest absolute Gasteiger partial charge is 0.451 e. The highest BCUT2D eigenvalue weighted by atomic mass is 32.1. The highest BCUT2D eigenvalue weighted by molar-refractivity contribution is 7.14. The van der Waals surface area contributed by atoms with Gasteiger partial charge in [0.15, 0.2) is 6.10 Å². The average molecular weight is 452 g/mol. The number of carbonyl (C=O) groups is 3. The lowest BCUT2D eigenvalue weighted by Crippen LogP contribution is -2.27. The molecule has 1 aliphatic heterocycles. The number of thiophene rings is 1. The Hall–Kier alpha value is -3.26. The maximum Gasteiger partial charge on any atom is 0.342 e. The number of esters is 1. The fourth-order valence-corrected chi connectivity index (χ4v) is 4.69. The van der Waals surface area contributed by atoms with Crippen molar-refractivity contribution in [3.63, 3.8) is 0 Å². The van der Waals surface area contributed by atoms with Gasteiger partial charge >= 0.3 is 5.97 Å². The molecule has 1 fully saturated rings. The minimum Gasteiger partial charge on any atom is -0.451 e. The van der Waals surface area contributed by atoms with Gasteiger partial charge in [0.05, 0.1) is 16.9 Å². The van der Waals surface area contributed by atoms with E-state index in [1.807, 2.05) is 24.3 Å². The van der Waals surface area contributed by atoms with Crippen LogP contribution in [0.2, 0.25) is 0 Å². The molecular weight excluding hydrogens is 426 g/mol. The Morgan fingerprint density at radius 2 is 1.91 bits per heavy atom. The van der Waals surface area contributed by atoms with Gasteiger partial charge in [-0.3, -0.25) is 9.59 Å². The van der Waals surface area contributed by atoms with Crippen LogP contribution in [0.1, 0.15) is 51.6 Å². The first-order valence-electron chi connectivity index (χ1n) is 10.7. The van der Waals surface area contributed by atoms with Gasteiger partial charge in [0.2, 0.25) is 11.7 Å². The molecule has 0 aliphatic carbocycles. The number of rotatable bonds is 7. The van der Waals surface area contributed by atoms with Crippen molar-refractivity contribution in [2.75, 3.05) is 18.0 Å². The van der Waals surface area contributed by atoms with Crippen LogP contribution in [0.25, 0.3) is 10.9 Å². The minimum atomic E-state index is -0.937. The highest BCUT2D eigenvalue weighted by Crippen LogP contribution is 2.28. The Bertz CT molecular complexity index is 1170. The van der Waals surface area contributed by atoms with Crippen LogP contribution in [0.3, 0.4) is 0 Å². The zero-order valence-electron chi connectivity index (χ0n) is 18.1. The lowest BCUT2D eigenvalue weighted by molar-refractivity contribution is -0.119. The SMILES string of the molecule is CC(=O)NCc1ccc(C(=O)C(C)OC(=O)c2cc3ccccc3nc2N2CCCC2)s1. The average Bonchev–Trinajstić information content (AvgIpc) is 3.48. The number of amides is 1. The minimum absolute atomic E-state index is 0.133. The third-order valence-electron chi connectivity index (χ3n) is 5.40. The summed E-state index contributed by atoms with van der Waals surface area (Å²) in [6, 6.07) is 12.9. The lowest BCUT2D eigenvalue weighted by Gasteiger charge is -2.21. The number of Topliss-reactive ketones (excluding diaryl/α,β-unsaturated/α-hetero) is 1. The van der Waals surface area contributed by atoms with Crippen molar-refractivity contribution in [3.05, 3.63) is 57.8 Å². The summed E-state index contributed by atoms with van der Waals surface area (Å²) in [5.74, 6) is -0.346. The van der Waals surface area contributed by atoms with Crippen molar-refractivity contribution in [3.8, 4) is 0 Å². The van der Waals surface area contributed by atoms with Gasteiger partial charge in [-0.05, 0) is 44.0 Å². The van der Waals surface area contributed by atoms with Crippen LogP contribution in [0, 0.1) is 0 Å². The summed E-state index contributed by atoms with van der Waals surface area (Å²) in [6.07, 6.45) is 1.17. The molecule has 1 saturated heterocycles. The van der Waals surface area contributed by atoms with Gasteiger partial charge in [0.25, 0.3) is 0 Å². The van der Waals surface area contributed by atoms with E-state index in [9.17, 15) is 14.4 Å². The van der Waals surface area contributed by atoms with E-state index in [1.165, 1.54) is 18.3 Å². The quantitative estimate of drug-likeness (QED) is 0.432. The number of hydrogen-bond donors (Lipinski definition) is 1. The van der Waals surface area contributed by atoms with Crippen LogP contribution in [-0.2, 0) is 16.1 Å². The van der Waals surface area contributed by atoms with Crippen molar-refractivity contribution in [1.82, 2.24) is 10.3 Å². The maximum atomic E-state index is 13.1. The summed E-state index contributed by atoms with van der Waals surface area (Å²) >= 11 is 1.28. The van der Waals surface area contributed by atoms with Gasteiger partial charge < -0.3 is 15.0 Å². The van der Waals surface area contributed by atoms with Gasteiger partial charge in [0.1, 0.15) is 11.4 Å². The van der Waals surface area contributed by atoms with Crippen LogP contribution in [-0.4, -0.2) is 41.8 Å². The normalized spacial score (nSPS) is 14.4. The van der Waals surface area contributed by atoms with E-state index in [0.29, 0.717) is 22.8 Å². The molecule has 1 amide bonds. The lowest BCUT2D eigenvalue weighted by atomic mass is 10.1. The van der Waals surface area contributed by atoms with Crippen molar-refractivity contribution in [2.24, 2.45) is 0 Å². The Labute approximate surface area is 190 Å². The van der Waals surface area contributed by atoms with Gasteiger partial charge in [-0.25, -0.2) is 9.78 Å². The predicted octanol–water partition coefficient (Wildman–Crippen LogP) is 3.96. The number of carbonyl (C=O) groups excluding carboxylic acids is 3. The van der Waals surface area contributed by atoms with E-state index in [0.717, 1.165) is 41.7 Å². The number of anilines is 1. The molecular formula is C24H25N3O4S. The number of fused-ring (bicyclic) bond motifs is 1. The number of benzene rings is 1. The van der Waals surface area contributed by atoms with E-state index in [2.05, 4.69) is 10.2 Å². The van der Waals surface area contributed by atoms with Crippen molar-refractivity contribution in [1.29, 1.82) is 0 Å². The summed E-state index contributed by atoms with van der Waals surface area (Å²) < 4.78 is 5.59. The smallest absolute Gasteiger partial charge is 0.342 e. The number of nitrogens with zero attached hydrogens (tertiary/aromatic N) is 2. The van der Waals surface area contributed by atoms with E-state index in [4.69, 9.17) is 9.72 Å². The van der Waals surface area contributed by atoms with Crippen LogP contribution >= 0.6 is 11.3 Å². The first-order valence-corrected chi connectivity index (χ1v) is 11.5. The molecule has 1 aliphatic rings. The standard InChI is InChI=1S/C24H25N3O4S/c1-15(22(29)21-10-9-18(32-21)14-25-16(2)28)31-24(30)19-13-17-7-3-4-8-20(17)26-23(19)27-11-5-6-12-27/h3-4,7-10,13,15H,5-6,11-12,14H2,1-2H3,(H,25,28). The molecule has 2 aromatic heterocycles. The third-order valence-corrected chi connectivity index (χ3v) is 6.50. The molecule has 166 valence electrons. The molecule has 0 radical (unpaired) electrons. The highest BCUT2D eigenvalue weighted by Gasteiger charge is 2.27. The first kappa shape index (κ1) is 22.0. The number of nitrogens with one attached hydrogen (secondary N) is 1. The van der Waals surface area contributed by atoms with Gasteiger partial charge in [-0.15, -0.1) is 11.3 Å². The molecule has 3 aromatic rings. The van der Waals surface area contributed by atoms with Crippen LogP contribution in [0.5, 0.6) is 0 Å². The van der Waals surface area contributed by atoms with Crippen molar-refractivity contribution in [2.45, 2.75) is 39.3 Å². The Morgan fingerprint density at radius 1 is 1.16 bits per heavy atom. The topological polar surface area (TPSA) is 88.6 Å². The molecule has 3 heterocycles. The molecule has 1 aromatic carbocycles. The Balaban J connectivity index is 1.53. The predicted molar refractivity (Wildman–Crippen MR) is 124 cm³/mol. The molecule has 0 saturated carbocycles. The van der Waals surface area contributed by atoms with E-state index >= 15 is 0 Å². The molecule has 8 heteroatoms. The fraction of sp³-hybridized carbons (Fsp3) is 0.333. The van der Waals surface area contributed by atoms with E-state index in [-0.39, 0.29) is 11.7 Å². The monoisotopic (exact) mass is 451 g/mol. The Kier molecular flexibility index (Phi) is 6.50. The van der Waals surface area contributed by atoms with E-state index in [1.54, 1.807) is 25.1 Å². The fourth-order valence-electron chi connectivity index (χ4n) is 3.72. The zero-order chi connectivity index (χ0) is 22.7. The number of hydrogen-bond acceptors (Lipinski definition) is 7. The molecule has 32 heavy (non-hydrogen) atoms. The second-order valence-corrected chi connectivity index (χ2v) is 9.00. The molecule has 1 N–H and O–H groups in total. The third kappa shape index (κ3) is 4.80. The molecule has 1 unspecified atom stereocenters. The van der Waals surface area contributed by atoms with Crippen LogP contribution < -0.4 is 10.2 Å². The van der Waals surface area contributed by atoms with Gasteiger partial charge in [-0.2, -0.15) is 0 Å². The summed E-state index contributed by atoms with van der Waals surface area (Å²) in [7, 11) is 0. The first-order chi connectivity index (χ1) is 15.4. The number of para-hydroxylation sites is 1. The maximum absolute atomic E-state index is 13.1. The molecule has 0 spiro atoms. The van der Waals surface area contributed by atoms with Crippen LogP contribution in [0.15, 0.2) is 42.5 Å². The summed E-state index contributed by atoms with van der Waals surface area (Å²) in [5, 5.41) is 3.56. The molecule has 7 nitrogen and oxygen atoms in total. The second kappa shape index (κ2) is 9.48. The molecule has 4 rings (SSSR count). The Morgan fingerprint density at radius 3 is 2.66 bits per heavy atom. The van der Waals surface area contributed by atoms with E-state index < -0.39 is 12.1 Å². The van der Waals surface area contributed by atoms with Crippen LogP contribution in [0.4, 0.5) is 5.82 Å². The summed E-state index contributed by atoms with van der Waals surface area (Å²) in [5.41, 5.74) is 1.20. The summed E-state index contributed by atoms with van der Waals surface area (Å²) in [4.78, 5) is 45.2. The number of ketones is 1. The second-order valence-electron chi connectivity index (χ2n) is 7.83. The summed E-state index contributed by atoms with van der Waals surface area (Å²) in [6.45, 7) is 5.07. The molecule has 1 atom stereocenters. The number of aromatic nitrogens is 1. The van der Waals surface area contributed by atoms with Crippen molar-refractivity contribution < 1.29 is 19.1 Å². The number of ether oxygens (including phenoxy) is 1. The zero-order valence-corrected chi connectivity index (χ0v) is 18.9.